The molecule has 1 saturated carbocycles. The molecule has 1 N–H and O–H groups in total. The lowest BCUT2D eigenvalue weighted by Gasteiger charge is -2.10. The molecule has 100 valence electrons. The van der Waals surface area contributed by atoms with Crippen LogP contribution in [0.15, 0.2) is 5.16 Å². The predicted molar refractivity (Wildman–Crippen MR) is 69.3 cm³/mol. The molecule has 1 amide bonds. The SMILES string of the molecule is CCCNC(=O)CSc1nnnn1C1CCCC1. The molecule has 1 aromatic heterocycles. The Hall–Kier alpha value is -1.11. The van der Waals surface area contributed by atoms with E-state index in [1.165, 1.54) is 24.6 Å². The zero-order valence-corrected chi connectivity index (χ0v) is 11.4. The summed E-state index contributed by atoms with van der Waals surface area (Å²) < 4.78 is 1.88. The molecule has 1 aliphatic carbocycles. The number of hydrogen-bond acceptors (Lipinski definition) is 5. The maximum atomic E-state index is 11.5. The third kappa shape index (κ3) is 3.44. The third-order valence-electron chi connectivity index (χ3n) is 3.04. The number of rotatable bonds is 6. The summed E-state index contributed by atoms with van der Waals surface area (Å²) >= 11 is 1.41. The van der Waals surface area contributed by atoms with Gasteiger partial charge >= 0.3 is 0 Å². The molecule has 1 fully saturated rings. The number of thioether (sulfide) groups is 1. The number of amides is 1. The van der Waals surface area contributed by atoms with E-state index in [-0.39, 0.29) is 5.91 Å². The summed E-state index contributed by atoms with van der Waals surface area (Å²) in [6.45, 7) is 2.76. The van der Waals surface area contributed by atoms with Gasteiger partial charge in [-0.2, -0.15) is 0 Å². The number of carbonyl (C=O) groups is 1. The van der Waals surface area contributed by atoms with E-state index in [9.17, 15) is 4.79 Å². The van der Waals surface area contributed by atoms with Crippen molar-refractivity contribution in [1.29, 1.82) is 0 Å². The standard InChI is InChI=1S/C11H19N5OS/c1-2-7-12-10(17)8-18-11-13-14-15-16(11)9-5-3-4-6-9/h9H,2-8H2,1H3,(H,12,17). The highest BCUT2D eigenvalue weighted by atomic mass is 32.2. The van der Waals surface area contributed by atoms with Crippen molar-refractivity contribution in [3.05, 3.63) is 0 Å². The van der Waals surface area contributed by atoms with Crippen LogP contribution in [-0.4, -0.2) is 38.4 Å². The molecule has 18 heavy (non-hydrogen) atoms. The molecule has 0 atom stereocenters. The van der Waals surface area contributed by atoms with Crippen molar-refractivity contribution in [2.24, 2.45) is 0 Å². The van der Waals surface area contributed by atoms with Gasteiger partial charge in [-0.1, -0.05) is 31.5 Å². The number of hydrogen-bond donors (Lipinski definition) is 1. The van der Waals surface area contributed by atoms with Gasteiger partial charge in [0.05, 0.1) is 11.8 Å². The quantitative estimate of drug-likeness (QED) is 0.790. The van der Waals surface area contributed by atoms with Crippen molar-refractivity contribution in [3.8, 4) is 0 Å². The number of nitrogens with one attached hydrogen (secondary N) is 1. The molecule has 0 unspecified atom stereocenters. The van der Waals surface area contributed by atoms with E-state index in [0.29, 0.717) is 11.8 Å². The molecule has 6 nitrogen and oxygen atoms in total. The van der Waals surface area contributed by atoms with Crippen molar-refractivity contribution in [2.75, 3.05) is 12.3 Å². The Bertz CT molecular complexity index is 389. The molecule has 1 heterocycles. The molecule has 0 radical (unpaired) electrons. The van der Waals surface area contributed by atoms with Crippen LogP contribution in [0.2, 0.25) is 0 Å². The van der Waals surface area contributed by atoms with Crippen LogP contribution in [0.5, 0.6) is 0 Å². The summed E-state index contributed by atoms with van der Waals surface area (Å²) in [5, 5.41) is 15.4. The molecular weight excluding hydrogens is 250 g/mol. The highest BCUT2D eigenvalue weighted by Crippen LogP contribution is 2.31. The van der Waals surface area contributed by atoms with Crippen LogP contribution in [0.3, 0.4) is 0 Å². The van der Waals surface area contributed by atoms with Gasteiger partial charge in [0.1, 0.15) is 0 Å². The maximum Gasteiger partial charge on any atom is 0.230 e. The van der Waals surface area contributed by atoms with Gasteiger partial charge in [-0.25, -0.2) is 4.68 Å². The molecule has 0 aromatic carbocycles. The van der Waals surface area contributed by atoms with Gasteiger partial charge in [-0.05, 0) is 29.7 Å². The highest BCUT2D eigenvalue weighted by molar-refractivity contribution is 7.99. The van der Waals surface area contributed by atoms with E-state index in [2.05, 4.69) is 20.8 Å². The second-order valence-electron chi connectivity index (χ2n) is 4.48. The van der Waals surface area contributed by atoms with Gasteiger partial charge < -0.3 is 5.32 Å². The topological polar surface area (TPSA) is 72.7 Å². The monoisotopic (exact) mass is 269 g/mol. The average molecular weight is 269 g/mol. The Balaban J connectivity index is 1.85. The molecule has 0 saturated heterocycles. The minimum atomic E-state index is 0.0443. The number of carbonyl (C=O) groups excluding carboxylic acids is 1. The first-order valence-corrected chi connectivity index (χ1v) is 7.47. The smallest absolute Gasteiger partial charge is 0.230 e. The van der Waals surface area contributed by atoms with Gasteiger partial charge in [0.15, 0.2) is 0 Å². The Morgan fingerprint density at radius 2 is 2.28 bits per heavy atom. The fourth-order valence-corrected chi connectivity index (χ4v) is 2.88. The zero-order valence-electron chi connectivity index (χ0n) is 10.6. The van der Waals surface area contributed by atoms with Crippen LogP contribution in [0.25, 0.3) is 0 Å². The van der Waals surface area contributed by atoms with E-state index in [4.69, 9.17) is 0 Å². The Kier molecular flexibility index (Phi) is 4.98. The Morgan fingerprint density at radius 1 is 1.50 bits per heavy atom. The zero-order chi connectivity index (χ0) is 12.8. The van der Waals surface area contributed by atoms with E-state index >= 15 is 0 Å². The van der Waals surface area contributed by atoms with Crippen molar-refractivity contribution in [2.45, 2.75) is 50.2 Å². The first-order valence-electron chi connectivity index (χ1n) is 6.48. The summed E-state index contributed by atoms with van der Waals surface area (Å²) in [5.41, 5.74) is 0. The van der Waals surface area contributed by atoms with Gasteiger partial charge in [-0.15, -0.1) is 5.10 Å². The first kappa shape index (κ1) is 13.3. The van der Waals surface area contributed by atoms with E-state index < -0.39 is 0 Å². The molecule has 2 rings (SSSR count). The summed E-state index contributed by atoms with van der Waals surface area (Å²) in [7, 11) is 0. The number of aromatic nitrogens is 4. The number of tetrazole rings is 1. The summed E-state index contributed by atoms with van der Waals surface area (Å²) in [6, 6.07) is 0.418. The van der Waals surface area contributed by atoms with Crippen LogP contribution >= 0.6 is 11.8 Å². The van der Waals surface area contributed by atoms with Crippen LogP contribution in [0.1, 0.15) is 45.1 Å². The van der Waals surface area contributed by atoms with Crippen LogP contribution in [-0.2, 0) is 4.79 Å². The minimum absolute atomic E-state index is 0.0443. The van der Waals surface area contributed by atoms with Crippen molar-refractivity contribution in [3.63, 3.8) is 0 Å². The summed E-state index contributed by atoms with van der Waals surface area (Å²) in [5.74, 6) is 0.426. The van der Waals surface area contributed by atoms with Crippen LogP contribution in [0.4, 0.5) is 0 Å². The van der Waals surface area contributed by atoms with E-state index in [1.807, 2.05) is 11.6 Å². The molecule has 1 aromatic rings. The second-order valence-corrected chi connectivity index (χ2v) is 5.43. The van der Waals surface area contributed by atoms with Gasteiger partial charge in [0, 0.05) is 6.54 Å². The average Bonchev–Trinajstić information content (AvgIpc) is 3.03. The molecule has 0 bridgehead atoms. The number of nitrogens with zero attached hydrogens (tertiary/aromatic N) is 4. The van der Waals surface area contributed by atoms with Gasteiger partial charge in [-0.3, -0.25) is 4.79 Å². The Morgan fingerprint density at radius 3 is 3.00 bits per heavy atom. The highest BCUT2D eigenvalue weighted by Gasteiger charge is 2.21. The molecule has 0 aliphatic heterocycles. The summed E-state index contributed by atoms with van der Waals surface area (Å²) in [4.78, 5) is 11.5. The van der Waals surface area contributed by atoms with Crippen molar-refractivity contribution in [1.82, 2.24) is 25.5 Å². The van der Waals surface area contributed by atoms with Gasteiger partial charge in [0.2, 0.25) is 11.1 Å². The molecule has 7 heteroatoms. The van der Waals surface area contributed by atoms with E-state index in [1.54, 1.807) is 0 Å². The first-order chi connectivity index (χ1) is 8.81. The maximum absolute atomic E-state index is 11.5. The third-order valence-corrected chi connectivity index (χ3v) is 3.97. The van der Waals surface area contributed by atoms with Crippen LogP contribution < -0.4 is 5.32 Å². The predicted octanol–water partition coefficient (Wildman–Crippen LogP) is 1.41. The largest absolute Gasteiger partial charge is 0.355 e. The second kappa shape index (κ2) is 6.72. The van der Waals surface area contributed by atoms with Crippen LogP contribution in [0, 0.1) is 0 Å². The fraction of sp³-hybridized carbons (Fsp3) is 0.818. The van der Waals surface area contributed by atoms with Crippen molar-refractivity contribution >= 4 is 17.7 Å². The lowest BCUT2D eigenvalue weighted by Crippen LogP contribution is -2.25. The van der Waals surface area contributed by atoms with E-state index in [0.717, 1.165) is 31.0 Å². The normalized spacial score (nSPS) is 16.1. The minimum Gasteiger partial charge on any atom is -0.355 e. The lowest BCUT2D eigenvalue weighted by atomic mass is 10.3. The summed E-state index contributed by atoms with van der Waals surface area (Å²) in [6.07, 6.45) is 5.72. The molecule has 0 spiro atoms. The molecular formula is C11H19N5OS. The lowest BCUT2D eigenvalue weighted by molar-refractivity contribution is -0.118. The molecule has 1 aliphatic rings. The Labute approximate surface area is 111 Å². The van der Waals surface area contributed by atoms with Gasteiger partial charge in [0.25, 0.3) is 0 Å². The fourth-order valence-electron chi connectivity index (χ4n) is 2.10. The van der Waals surface area contributed by atoms with Crippen molar-refractivity contribution < 1.29 is 4.79 Å².